The molecule has 3 N–H and O–H groups in total. The van der Waals surface area contributed by atoms with Gasteiger partial charge in [0.1, 0.15) is 0 Å². The lowest BCUT2D eigenvalue weighted by atomic mass is 10.0. The van der Waals surface area contributed by atoms with Crippen molar-refractivity contribution in [3.63, 3.8) is 0 Å². The number of rotatable bonds is 5. The van der Waals surface area contributed by atoms with Crippen molar-refractivity contribution in [3.8, 4) is 0 Å². The highest BCUT2D eigenvalue weighted by Crippen LogP contribution is 2.36. The third kappa shape index (κ3) is 5.34. The lowest BCUT2D eigenvalue weighted by molar-refractivity contribution is -0.117. The highest BCUT2D eigenvalue weighted by Gasteiger charge is 2.25. The second-order valence-electron chi connectivity index (χ2n) is 4.72. The monoisotopic (exact) mass is 549 g/mol. The smallest absolute Gasteiger partial charge is 0.224 e. The standard InChI is InChI=1S/C14H17I2NO4.CH4O/c1-7-8(2)12(15)14(13(16)11(7)6-19)17(9(3)20)4-10(21)5-18;1-2/h6,10,18,21H,4-5H2,1-3H3;2H,1H3. The summed E-state index contributed by atoms with van der Waals surface area (Å²) in [4.78, 5) is 24.7. The molecule has 1 atom stereocenters. The summed E-state index contributed by atoms with van der Waals surface area (Å²) in [6.07, 6.45) is -0.244. The molecule has 1 rings (SSSR count). The molecule has 0 fully saturated rings. The van der Waals surface area contributed by atoms with Crippen molar-refractivity contribution in [2.24, 2.45) is 0 Å². The molecule has 0 bridgehead atoms. The average Bonchev–Trinajstić information content (AvgIpc) is 2.54. The van der Waals surface area contributed by atoms with E-state index in [9.17, 15) is 14.7 Å². The Morgan fingerprint density at radius 3 is 2.13 bits per heavy atom. The predicted molar refractivity (Wildman–Crippen MR) is 106 cm³/mol. The molecule has 130 valence electrons. The van der Waals surface area contributed by atoms with Crippen molar-refractivity contribution < 1.29 is 24.9 Å². The van der Waals surface area contributed by atoms with Crippen LogP contribution < -0.4 is 4.90 Å². The number of amides is 1. The van der Waals surface area contributed by atoms with E-state index in [1.165, 1.54) is 11.8 Å². The summed E-state index contributed by atoms with van der Waals surface area (Å²) in [6, 6.07) is 0. The third-order valence-corrected chi connectivity index (χ3v) is 5.73. The molecular weight excluding hydrogens is 528 g/mol. The van der Waals surface area contributed by atoms with E-state index < -0.39 is 12.7 Å². The van der Waals surface area contributed by atoms with Gasteiger partial charge in [-0.1, -0.05) is 0 Å². The van der Waals surface area contributed by atoms with Crippen molar-refractivity contribution in [2.75, 3.05) is 25.2 Å². The van der Waals surface area contributed by atoms with E-state index >= 15 is 0 Å². The normalized spacial score (nSPS) is 11.3. The van der Waals surface area contributed by atoms with E-state index in [0.717, 1.165) is 28.1 Å². The van der Waals surface area contributed by atoms with Gasteiger partial charge >= 0.3 is 0 Å². The summed E-state index contributed by atoms with van der Waals surface area (Å²) in [5, 5.41) is 25.7. The Bertz CT molecular complexity index is 578. The van der Waals surface area contributed by atoms with E-state index in [1.807, 2.05) is 36.4 Å². The molecule has 1 amide bonds. The minimum Gasteiger partial charge on any atom is -0.400 e. The van der Waals surface area contributed by atoms with E-state index in [4.69, 9.17) is 10.2 Å². The number of hydrogen-bond acceptors (Lipinski definition) is 5. The maximum atomic E-state index is 11.9. The summed E-state index contributed by atoms with van der Waals surface area (Å²) in [5.41, 5.74) is 2.97. The average molecular weight is 549 g/mol. The minimum atomic E-state index is -1.03. The lowest BCUT2D eigenvalue weighted by Gasteiger charge is -2.28. The summed E-state index contributed by atoms with van der Waals surface area (Å²) < 4.78 is 1.54. The maximum absolute atomic E-state index is 11.9. The molecule has 0 spiro atoms. The minimum absolute atomic E-state index is 0.0152. The van der Waals surface area contributed by atoms with Crippen molar-refractivity contribution in [1.82, 2.24) is 0 Å². The third-order valence-electron chi connectivity index (χ3n) is 3.32. The van der Waals surface area contributed by atoms with Crippen molar-refractivity contribution >= 4 is 63.1 Å². The summed E-state index contributed by atoms with van der Waals surface area (Å²) in [6.45, 7) is 4.71. The van der Waals surface area contributed by atoms with Gasteiger partial charge in [0.2, 0.25) is 5.91 Å². The van der Waals surface area contributed by atoms with Crippen LogP contribution in [0.15, 0.2) is 0 Å². The number of carbonyl (C=O) groups excluding carboxylic acids is 2. The number of halogens is 2. The zero-order valence-corrected chi connectivity index (χ0v) is 17.7. The zero-order valence-electron chi connectivity index (χ0n) is 13.4. The number of aldehydes is 1. The summed E-state index contributed by atoms with van der Waals surface area (Å²) in [5.74, 6) is -0.251. The predicted octanol–water partition coefficient (Wildman–Crippen LogP) is 1.64. The molecule has 0 saturated carbocycles. The molecule has 1 unspecified atom stereocenters. The molecule has 0 aromatic heterocycles. The Labute approximate surface area is 163 Å². The van der Waals surface area contributed by atoms with Gasteiger partial charge in [0.25, 0.3) is 0 Å². The number of hydrogen-bond donors (Lipinski definition) is 3. The second kappa shape index (κ2) is 10.5. The summed E-state index contributed by atoms with van der Waals surface area (Å²) in [7, 11) is 1.00. The molecule has 1 aromatic rings. The van der Waals surface area contributed by atoms with Crippen LogP contribution in [0.3, 0.4) is 0 Å². The van der Waals surface area contributed by atoms with Gasteiger partial charge in [-0.15, -0.1) is 0 Å². The van der Waals surface area contributed by atoms with Gasteiger partial charge in [0, 0.05) is 26.7 Å². The fourth-order valence-electron chi connectivity index (χ4n) is 1.96. The number of aliphatic hydroxyl groups excluding tert-OH is 3. The number of anilines is 1. The SMILES string of the molecule is CC(=O)N(CC(O)CO)c1c(I)c(C)c(C)c(C=O)c1I.CO. The molecule has 0 saturated heterocycles. The number of nitrogens with zero attached hydrogens (tertiary/aromatic N) is 1. The topological polar surface area (TPSA) is 98.1 Å². The summed E-state index contributed by atoms with van der Waals surface area (Å²) >= 11 is 4.18. The molecule has 0 aliphatic rings. The first-order valence-corrected chi connectivity index (χ1v) is 8.87. The van der Waals surface area contributed by atoms with Crippen molar-refractivity contribution in [2.45, 2.75) is 26.9 Å². The quantitative estimate of drug-likeness (QED) is 0.384. The Balaban J connectivity index is 0.00000232. The second-order valence-corrected chi connectivity index (χ2v) is 6.88. The highest BCUT2D eigenvalue weighted by molar-refractivity contribution is 14.1. The van der Waals surface area contributed by atoms with E-state index in [0.29, 0.717) is 14.8 Å². The van der Waals surface area contributed by atoms with Crippen LogP contribution in [0, 0.1) is 21.0 Å². The van der Waals surface area contributed by atoms with Crippen LogP contribution in [-0.4, -0.2) is 53.9 Å². The molecular formula is C15H21I2NO5. The van der Waals surface area contributed by atoms with Crippen molar-refractivity contribution in [3.05, 3.63) is 23.8 Å². The van der Waals surface area contributed by atoms with E-state index in [1.54, 1.807) is 0 Å². The Kier molecular flexibility index (Phi) is 10.4. The van der Waals surface area contributed by atoms with Gasteiger partial charge < -0.3 is 20.2 Å². The van der Waals surface area contributed by atoms with Gasteiger partial charge in [0.15, 0.2) is 6.29 Å². The fraction of sp³-hybridized carbons (Fsp3) is 0.467. The first-order valence-electron chi connectivity index (χ1n) is 6.71. The van der Waals surface area contributed by atoms with Gasteiger partial charge in [-0.2, -0.15) is 0 Å². The maximum Gasteiger partial charge on any atom is 0.224 e. The van der Waals surface area contributed by atoms with Crippen molar-refractivity contribution in [1.29, 1.82) is 0 Å². The molecule has 0 radical (unpaired) electrons. The lowest BCUT2D eigenvalue weighted by Crippen LogP contribution is -2.39. The molecule has 0 aliphatic carbocycles. The van der Waals surface area contributed by atoms with Crippen LogP contribution in [0.25, 0.3) is 0 Å². The molecule has 23 heavy (non-hydrogen) atoms. The number of aliphatic hydroxyl groups is 3. The Morgan fingerprint density at radius 2 is 1.74 bits per heavy atom. The zero-order chi connectivity index (χ0) is 18.3. The number of carbonyl (C=O) groups is 2. The van der Waals surface area contributed by atoms with Crippen LogP contribution >= 0.6 is 45.2 Å². The molecule has 1 aromatic carbocycles. The van der Waals surface area contributed by atoms with Gasteiger partial charge in [-0.05, 0) is 70.2 Å². The molecule has 6 nitrogen and oxygen atoms in total. The van der Waals surface area contributed by atoms with Gasteiger partial charge in [-0.3, -0.25) is 9.59 Å². The van der Waals surface area contributed by atoms with Crippen LogP contribution in [-0.2, 0) is 4.79 Å². The molecule has 8 heteroatoms. The highest BCUT2D eigenvalue weighted by atomic mass is 127. The first-order chi connectivity index (χ1) is 10.8. The van der Waals surface area contributed by atoms with Crippen LogP contribution in [0.2, 0.25) is 0 Å². The van der Waals surface area contributed by atoms with Gasteiger partial charge in [-0.25, -0.2) is 0 Å². The molecule has 0 aliphatic heterocycles. The Morgan fingerprint density at radius 1 is 1.22 bits per heavy atom. The Hall–Kier alpha value is -0.300. The molecule has 0 heterocycles. The number of benzene rings is 1. The van der Waals surface area contributed by atoms with Crippen LogP contribution in [0.4, 0.5) is 5.69 Å². The first kappa shape index (κ1) is 22.7. The van der Waals surface area contributed by atoms with Gasteiger partial charge in [0.05, 0.1) is 24.9 Å². The van der Waals surface area contributed by atoms with E-state index in [-0.39, 0.29) is 12.5 Å². The largest absolute Gasteiger partial charge is 0.400 e. The fourth-order valence-corrected chi connectivity index (χ4v) is 4.53. The van der Waals surface area contributed by atoms with E-state index in [2.05, 4.69) is 22.6 Å². The van der Waals surface area contributed by atoms with Crippen LogP contribution in [0.1, 0.15) is 28.4 Å². The van der Waals surface area contributed by atoms with Crippen LogP contribution in [0.5, 0.6) is 0 Å².